The van der Waals surface area contributed by atoms with Gasteiger partial charge in [-0.05, 0) is 81.3 Å². The van der Waals surface area contributed by atoms with Gasteiger partial charge in [-0.25, -0.2) is 9.18 Å². The van der Waals surface area contributed by atoms with E-state index >= 15 is 4.39 Å². The molecule has 0 spiro atoms. The Labute approximate surface area is 264 Å². The summed E-state index contributed by atoms with van der Waals surface area (Å²) in [7, 11) is 1.56. The molecule has 2 aliphatic heterocycles. The van der Waals surface area contributed by atoms with Crippen molar-refractivity contribution in [2.24, 2.45) is 0 Å². The summed E-state index contributed by atoms with van der Waals surface area (Å²) in [6.45, 7) is 6.95. The fourth-order valence-corrected chi connectivity index (χ4v) is 6.37. The van der Waals surface area contributed by atoms with Crippen LogP contribution in [0, 0.1) is 0 Å². The maximum atomic E-state index is 17.1. The molecule has 1 amide bonds. The van der Waals surface area contributed by atoms with Gasteiger partial charge in [-0.1, -0.05) is 23.4 Å². The van der Waals surface area contributed by atoms with Crippen LogP contribution in [0.4, 0.5) is 17.6 Å². The molecule has 13 heteroatoms. The first-order valence-corrected chi connectivity index (χ1v) is 15.4. The highest BCUT2D eigenvalue weighted by Crippen LogP contribution is 2.45. The zero-order chi connectivity index (χ0) is 33.3. The van der Waals surface area contributed by atoms with E-state index in [-0.39, 0.29) is 43.4 Å². The number of aryl methyl sites for hydroxylation is 1. The Hall–Kier alpha value is -3.87. The second-order valence-electron chi connectivity index (χ2n) is 13.1. The highest BCUT2D eigenvalue weighted by molar-refractivity contribution is 5.87. The minimum atomic E-state index is -4.55. The summed E-state index contributed by atoms with van der Waals surface area (Å²) in [6, 6.07) is 10.6. The van der Waals surface area contributed by atoms with Crippen molar-refractivity contribution in [3.8, 4) is 11.5 Å². The van der Waals surface area contributed by atoms with Gasteiger partial charge in [-0.15, -0.1) is 0 Å². The summed E-state index contributed by atoms with van der Waals surface area (Å²) in [6.07, 6.45) is -2.97. The molecule has 3 heterocycles. The quantitative estimate of drug-likeness (QED) is 0.234. The van der Waals surface area contributed by atoms with Gasteiger partial charge in [0.25, 0.3) is 5.91 Å². The van der Waals surface area contributed by atoms with Crippen LogP contribution in [0.25, 0.3) is 0 Å². The van der Waals surface area contributed by atoms with E-state index in [9.17, 15) is 22.8 Å². The van der Waals surface area contributed by atoms with Crippen LogP contribution < -0.4 is 15.2 Å². The number of hydrogen-bond acceptors (Lipinski definition) is 7. The third-order valence-corrected chi connectivity index (χ3v) is 9.06. The van der Waals surface area contributed by atoms with E-state index in [1.807, 2.05) is 25.7 Å². The highest BCUT2D eigenvalue weighted by Gasteiger charge is 2.57. The van der Waals surface area contributed by atoms with Gasteiger partial charge in [0.1, 0.15) is 11.5 Å². The fourth-order valence-electron chi connectivity index (χ4n) is 6.37. The van der Waals surface area contributed by atoms with Crippen molar-refractivity contribution in [1.82, 2.24) is 19.9 Å². The molecule has 250 valence electrons. The van der Waals surface area contributed by atoms with E-state index in [2.05, 4.69) is 14.7 Å². The van der Waals surface area contributed by atoms with Crippen LogP contribution in [0.1, 0.15) is 74.4 Å². The van der Waals surface area contributed by atoms with E-state index in [0.717, 1.165) is 17.7 Å². The van der Waals surface area contributed by atoms with Crippen molar-refractivity contribution < 1.29 is 36.4 Å². The van der Waals surface area contributed by atoms with Crippen molar-refractivity contribution in [3.05, 3.63) is 75.5 Å². The second-order valence-corrected chi connectivity index (χ2v) is 13.1. The third kappa shape index (κ3) is 7.24. The molecule has 1 aromatic heterocycles. The Morgan fingerprint density at radius 3 is 2.39 bits per heavy atom. The molecule has 0 saturated carbocycles. The van der Waals surface area contributed by atoms with Crippen molar-refractivity contribution in [1.29, 1.82) is 0 Å². The first-order chi connectivity index (χ1) is 21.7. The number of aromatic amines is 1. The molecule has 2 fully saturated rings. The predicted molar refractivity (Wildman–Crippen MR) is 162 cm³/mol. The largest absolute Gasteiger partial charge is 0.497 e. The number of benzene rings is 2. The average Bonchev–Trinajstić information content (AvgIpc) is 3.61. The maximum absolute atomic E-state index is 17.1. The Kier molecular flexibility index (Phi) is 9.53. The molecular formula is C33H40F4N4O5. The third-order valence-electron chi connectivity index (χ3n) is 9.06. The van der Waals surface area contributed by atoms with Crippen LogP contribution in [0.15, 0.2) is 51.8 Å². The van der Waals surface area contributed by atoms with Gasteiger partial charge in [-0.2, -0.15) is 13.2 Å². The van der Waals surface area contributed by atoms with Crippen LogP contribution >= 0.6 is 0 Å². The number of ether oxygens (including phenoxy) is 2. The number of H-pyrrole nitrogens is 1. The number of alkyl halides is 4. The number of aromatic nitrogens is 2. The number of hydrogen-bond donors (Lipinski definition) is 1. The van der Waals surface area contributed by atoms with Crippen molar-refractivity contribution in [3.63, 3.8) is 0 Å². The molecule has 0 unspecified atom stereocenters. The number of halogens is 4. The van der Waals surface area contributed by atoms with Crippen LogP contribution in [-0.2, 0) is 17.4 Å². The predicted octanol–water partition coefficient (Wildman–Crippen LogP) is 5.71. The molecule has 9 nitrogen and oxygen atoms in total. The van der Waals surface area contributed by atoms with E-state index < -0.39 is 35.0 Å². The molecule has 5 rings (SSSR count). The maximum Gasteiger partial charge on any atom is 0.438 e. The Bertz CT molecular complexity index is 1560. The molecular weight excluding hydrogens is 608 g/mol. The second kappa shape index (κ2) is 13.1. The van der Waals surface area contributed by atoms with Gasteiger partial charge < -0.3 is 14.4 Å². The minimum Gasteiger partial charge on any atom is -0.497 e. The van der Waals surface area contributed by atoms with Gasteiger partial charge in [0.05, 0.1) is 19.3 Å². The number of rotatable bonds is 9. The number of nitrogens with zero attached hydrogens (tertiary/aromatic N) is 3. The van der Waals surface area contributed by atoms with Crippen LogP contribution in [0.3, 0.4) is 0 Å². The van der Waals surface area contributed by atoms with Crippen LogP contribution in [-0.4, -0.2) is 77.0 Å². The zero-order valence-corrected chi connectivity index (χ0v) is 26.5. The Morgan fingerprint density at radius 1 is 1.11 bits per heavy atom. The van der Waals surface area contributed by atoms with Crippen LogP contribution in [0.2, 0.25) is 0 Å². The number of likely N-dealkylation sites (tertiary alicyclic amines) is 2. The number of methoxy groups -OCH3 is 1. The van der Waals surface area contributed by atoms with Gasteiger partial charge in [0.2, 0.25) is 5.67 Å². The molecule has 1 N–H and O–H groups in total. The molecule has 2 atom stereocenters. The van der Waals surface area contributed by atoms with Crippen LogP contribution in [0.5, 0.6) is 11.5 Å². The summed E-state index contributed by atoms with van der Waals surface area (Å²) in [5, 5.41) is 3.58. The lowest BCUT2D eigenvalue weighted by Gasteiger charge is -2.38. The summed E-state index contributed by atoms with van der Waals surface area (Å²) >= 11 is 0. The normalized spacial score (nSPS) is 21.5. The van der Waals surface area contributed by atoms with Gasteiger partial charge >= 0.3 is 11.9 Å². The average molecular weight is 649 g/mol. The smallest absolute Gasteiger partial charge is 0.438 e. The van der Waals surface area contributed by atoms with Gasteiger partial charge in [-0.3, -0.25) is 19.2 Å². The van der Waals surface area contributed by atoms with E-state index in [0.29, 0.717) is 49.4 Å². The highest BCUT2D eigenvalue weighted by atomic mass is 19.4. The summed E-state index contributed by atoms with van der Waals surface area (Å²) in [5.74, 6) is -1.02. The first kappa shape index (κ1) is 33.5. The van der Waals surface area contributed by atoms with Crippen molar-refractivity contribution in [2.75, 3.05) is 39.9 Å². The summed E-state index contributed by atoms with van der Waals surface area (Å²) < 4.78 is 73.4. The lowest BCUT2D eigenvalue weighted by molar-refractivity contribution is -0.145. The first-order valence-electron chi connectivity index (χ1n) is 15.4. The minimum absolute atomic E-state index is 0.0366. The fraction of sp³-hybridized carbons (Fsp3) is 0.545. The molecule has 0 bridgehead atoms. The number of amides is 1. The van der Waals surface area contributed by atoms with Crippen molar-refractivity contribution >= 4 is 5.91 Å². The lowest BCUT2D eigenvalue weighted by atomic mass is 9.83. The Balaban J connectivity index is 1.30. The number of carbonyl (C=O) groups excluding carboxylic acids is 1. The lowest BCUT2D eigenvalue weighted by Crippen LogP contribution is -2.53. The van der Waals surface area contributed by atoms with Gasteiger partial charge in [0.15, 0.2) is 5.82 Å². The number of piperidine rings is 1. The molecule has 3 aromatic rings. The molecule has 2 aliphatic rings. The molecule has 0 radical (unpaired) electrons. The standard InChI is InChI=1S/C33H40F4N4O5/c1-31(2,3)41-19-26(22-7-10-24(44-4)11-8-22)32(34,20-41)29(42)40-15-13-21(14-16-40)25-12-9-23(33(35,36)37)18-27(25)45-17-5-6-28-38-30(43)46-39-28/h7-12,18,21,26H,5-6,13-17,19-20H2,1-4H3,(H,38,39,43)/t26-,32-/m0/s1. The molecule has 46 heavy (non-hydrogen) atoms. The number of carbonyl (C=O) groups is 1. The SMILES string of the molecule is COc1ccc([C@@H]2CN(C(C)(C)C)C[C@@]2(F)C(=O)N2CCC(c3ccc(C(F)(F)F)cc3OCCCc3noc(=O)[nH]3)CC2)cc1. The molecule has 2 saturated heterocycles. The van der Waals surface area contributed by atoms with E-state index in [1.165, 1.54) is 6.07 Å². The Morgan fingerprint density at radius 2 is 1.80 bits per heavy atom. The molecule has 2 aromatic carbocycles. The van der Waals surface area contributed by atoms with Crippen molar-refractivity contribution in [2.45, 2.75) is 75.7 Å². The monoisotopic (exact) mass is 648 g/mol. The van der Waals surface area contributed by atoms with E-state index in [1.54, 1.807) is 36.3 Å². The number of nitrogens with one attached hydrogen (secondary N) is 1. The van der Waals surface area contributed by atoms with E-state index in [4.69, 9.17) is 9.47 Å². The van der Waals surface area contributed by atoms with Gasteiger partial charge in [0, 0.05) is 44.1 Å². The summed E-state index contributed by atoms with van der Waals surface area (Å²) in [4.78, 5) is 31.1. The topological polar surface area (TPSA) is 101 Å². The molecule has 0 aliphatic carbocycles. The summed E-state index contributed by atoms with van der Waals surface area (Å²) in [5.41, 5.74) is -1.99. The zero-order valence-electron chi connectivity index (χ0n) is 26.5.